The van der Waals surface area contributed by atoms with Crippen LogP contribution >= 0.6 is 0 Å². The summed E-state index contributed by atoms with van der Waals surface area (Å²) in [5, 5.41) is 11.4. The molecule has 3 aromatic rings. The van der Waals surface area contributed by atoms with Gasteiger partial charge in [0.25, 0.3) is 5.89 Å². The molecule has 100 valence electrons. The first-order chi connectivity index (χ1) is 9.90. The first-order valence-corrected chi connectivity index (χ1v) is 6.34. The summed E-state index contributed by atoms with van der Waals surface area (Å²) in [4.78, 5) is 12.8. The largest absolute Gasteiger partial charge is 0.354 e. The molecule has 1 N–H and O–H groups in total. The third-order valence-corrected chi connectivity index (χ3v) is 3.01. The Morgan fingerprint density at radius 3 is 3.05 bits per heavy atom. The van der Waals surface area contributed by atoms with Gasteiger partial charge in [-0.05, 0) is 18.6 Å². The molecule has 0 unspecified atom stereocenters. The van der Waals surface area contributed by atoms with Gasteiger partial charge >= 0.3 is 0 Å². The van der Waals surface area contributed by atoms with Crippen LogP contribution in [-0.4, -0.2) is 36.4 Å². The maximum Gasteiger partial charge on any atom is 0.298 e. The van der Waals surface area contributed by atoms with E-state index in [1.807, 2.05) is 22.9 Å². The molecule has 0 saturated carbocycles. The van der Waals surface area contributed by atoms with Crippen LogP contribution in [0.5, 0.6) is 0 Å². The topological polar surface area (TPSA) is 94.5 Å². The van der Waals surface area contributed by atoms with Gasteiger partial charge in [-0.3, -0.25) is 4.98 Å². The molecule has 0 radical (unpaired) electrons. The summed E-state index contributed by atoms with van der Waals surface area (Å²) in [5.74, 6) is 1.91. The summed E-state index contributed by atoms with van der Waals surface area (Å²) in [6.07, 6.45) is 2.71. The summed E-state index contributed by atoms with van der Waals surface area (Å²) >= 11 is 0. The fourth-order valence-corrected chi connectivity index (χ4v) is 2.06. The van der Waals surface area contributed by atoms with Gasteiger partial charge in [0.15, 0.2) is 0 Å². The van der Waals surface area contributed by atoms with Gasteiger partial charge < -0.3 is 9.84 Å². The van der Waals surface area contributed by atoms with Crippen LogP contribution in [0.1, 0.15) is 6.42 Å². The van der Waals surface area contributed by atoms with Crippen molar-refractivity contribution >= 4 is 5.95 Å². The second-order valence-electron chi connectivity index (χ2n) is 4.40. The van der Waals surface area contributed by atoms with E-state index in [2.05, 4.69) is 30.5 Å². The van der Waals surface area contributed by atoms with Crippen molar-refractivity contribution in [1.82, 2.24) is 29.9 Å². The van der Waals surface area contributed by atoms with Crippen LogP contribution in [0.3, 0.4) is 0 Å². The van der Waals surface area contributed by atoms with Crippen LogP contribution in [0.25, 0.3) is 23.2 Å². The van der Waals surface area contributed by atoms with Crippen molar-refractivity contribution in [1.29, 1.82) is 0 Å². The van der Waals surface area contributed by atoms with E-state index in [9.17, 15) is 0 Å². The van der Waals surface area contributed by atoms with Crippen LogP contribution in [0, 0.1) is 0 Å². The Bertz CT molecular complexity index is 710. The molecule has 20 heavy (non-hydrogen) atoms. The van der Waals surface area contributed by atoms with Gasteiger partial charge in [0.1, 0.15) is 5.69 Å². The summed E-state index contributed by atoms with van der Waals surface area (Å²) in [6.45, 7) is 1.75. The third kappa shape index (κ3) is 1.81. The molecule has 1 aliphatic heterocycles. The van der Waals surface area contributed by atoms with Gasteiger partial charge in [-0.1, -0.05) is 11.2 Å². The first-order valence-electron chi connectivity index (χ1n) is 6.34. The highest BCUT2D eigenvalue weighted by Crippen LogP contribution is 2.21. The number of anilines is 1. The Kier molecular flexibility index (Phi) is 2.44. The Morgan fingerprint density at radius 1 is 1.20 bits per heavy atom. The van der Waals surface area contributed by atoms with Crippen LogP contribution in [0.15, 0.2) is 28.9 Å². The van der Waals surface area contributed by atoms with Crippen molar-refractivity contribution in [3.63, 3.8) is 0 Å². The molecule has 0 spiro atoms. The molecule has 0 aliphatic carbocycles. The normalized spacial score (nSPS) is 13.8. The van der Waals surface area contributed by atoms with Gasteiger partial charge in [-0.25, -0.2) is 4.68 Å². The van der Waals surface area contributed by atoms with Crippen molar-refractivity contribution in [3.05, 3.63) is 24.4 Å². The number of hydrogen-bond donors (Lipinski definition) is 1. The molecular formula is C12H11N7O. The van der Waals surface area contributed by atoms with Crippen molar-refractivity contribution in [2.24, 2.45) is 0 Å². The highest BCUT2D eigenvalue weighted by atomic mass is 16.5. The number of aromatic nitrogens is 6. The standard InChI is InChI=1S/C12H11N7O/c1-2-5-13-8(4-1)9-15-11(20-18-9)10-16-12-14-6-3-7-19(12)17-10/h1-2,4-5H,3,6-7H2,(H,14,16,17). The maximum atomic E-state index is 5.22. The lowest BCUT2D eigenvalue weighted by Crippen LogP contribution is -2.17. The van der Waals surface area contributed by atoms with Crippen LogP contribution in [-0.2, 0) is 6.54 Å². The summed E-state index contributed by atoms with van der Waals surface area (Å²) in [6, 6.07) is 5.53. The first kappa shape index (κ1) is 11.1. The Labute approximate surface area is 113 Å². The molecule has 0 saturated heterocycles. The lowest BCUT2D eigenvalue weighted by Gasteiger charge is -2.12. The SMILES string of the molecule is c1ccc(-c2noc(-c3nc4n(n3)CCCN4)n2)nc1. The monoisotopic (exact) mass is 269 g/mol. The summed E-state index contributed by atoms with van der Waals surface area (Å²) < 4.78 is 7.02. The molecular weight excluding hydrogens is 258 g/mol. The van der Waals surface area contributed by atoms with Crippen LogP contribution in [0.2, 0.25) is 0 Å². The number of aryl methyl sites for hydroxylation is 1. The van der Waals surface area contributed by atoms with Crippen molar-refractivity contribution in [2.45, 2.75) is 13.0 Å². The smallest absolute Gasteiger partial charge is 0.298 e. The minimum atomic E-state index is 0.300. The number of pyridine rings is 1. The molecule has 0 atom stereocenters. The zero-order valence-corrected chi connectivity index (χ0v) is 10.5. The van der Waals surface area contributed by atoms with Crippen molar-refractivity contribution in [3.8, 4) is 23.2 Å². The highest BCUT2D eigenvalue weighted by molar-refractivity contribution is 5.52. The average Bonchev–Trinajstić information content (AvgIpc) is 3.14. The van der Waals surface area contributed by atoms with Gasteiger partial charge in [-0.2, -0.15) is 9.97 Å². The van der Waals surface area contributed by atoms with Crippen LogP contribution in [0.4, 0.5) is 5.95 Å². The maximum absolute atomic E-state index is 5.22. The Morgan fingerprint density at radius 2 is 2.20 bits per heavy atom. The summed E-state index contributed by atoms with van der Waals surface area (Å²) in [5.41, 5.74) is 0.657. The Balaban J connectivity index is 1.70. The van der Waals surface area contributed by atoms with Crippen molar-refractivity contribution in [2.75, 3.05) is 11.9 Å². The second-order valence-corrected chi connectivity index (χ2v) is 4.40. The minimum Gasteiger partial charge on any atom is -0.354 e. The van der Waals surface area contributed by atoms with Gasteiger partial charge in [0.05, 0.1) is 0 Å². The van der Waals surface area contributed by atoms with E-state index in [4.69, 9.17) is 4.52 Å². The molecule has 0 bridgehead atoms. The predicted molar refractivity (Wildman–Crippen MR) is 69.7 cm³/mol. The molecule has 1 aliphatic rings. The molecule has 8 heteroatoms. The van der Waals surface area contributed by atoms with Crippen molar-refractivity contribution < 1.29 is 4.52 Å². The molecule has 4 heterocycles. The van der Waals surface area contributed by atoms with E-state index in [0.29, 0.717) is 23.2 Å². The zero-order valence-electron chi connectivity index (χ0n) is 10.5. The van der Waals surface area contributed by atoms with E-state index in [1.165, 1.54) is 0 Å². The molecule has 4 rings (SSSR count). The number of hydrogen-bond acceptors (Lipinski definition) is 7. The zero-order chi connectivity index (χ0) is 13.4. The third-order valence-electron chi connectivity index (χ3n) is 3.01. The number of fused-ring (bicyclic) bond motifs is 1. The summed E-state index contributed by atoms with van der Waals surface area (Å²) in [7, 11) is 0. The van der Waals surface area contributed by atoms with E-state index in [0.717, 1.165) is 25.5 Å². The fraction of sp³-hybridized carbons (Fsp3) is 0.250. The van der Waals surface area contributed by atoms with E-state index in [-0.39, 0.29) is 0 Å². The van der Waals surface area contributed by atoms with Gasteiger partial charge in [-0.15, -0.1) is 5.10 Å². The average molecular weight is 269 g/mol. The number of nitrogens with zero attached hydrogens (tertiary/aromatic N) is 6. The van der Waals surface area contributed by atoms with E-state index >= 15 is 0 Å². The quantitative estimate of drug-likeness (QED) is 0.747. The highest BCUT2D eigenvalue weighted by Gasteiger charge is 2.19. The van der Waals surface area contributed by atoms with E-state index < -0.39 is 0 Å². The van der Waals surface area contributed by atoms with Gasteiger partial charge in [0, 0.05) is 19.3 Å². The van der Waals surface area contributed by atoms with E-state index in [1.54, 1.807) is 6.20 Å². The lowest BCUT2D eigenvalue weighted by atomic mass is 10.3. The number of nitrogens with one attached hydrogen (secondary N) is 1. The molecule has 3 aromatic heterocycles. The number of rotatable bonds is 2. The van der Waals surface area contributed by atoms with Gasteiger partial charge in [0.2, 0.25) is 17.6 Å². The fourth-order valence-electron chi connectivity index (χ4n) is 2.06. The minimum absolute atomic E-state index is 0.300. The predicted octanol–water partition coefficient (Wildman–Crippen LogP) is 1.21. The molecule has 0 fully saturated rings. The molecule has 0 aromatic carbocycles. The molecule has 8 nitrogen and oxygen atoms in total. The second kappa shape index (κ2) is 4.41. The Hall–Kier alpha value is -2.77. The van der Waals surface area contributed by atoms with Crippen LogP contribution < -0.4 is 5.32 Å². The molecule has 0 amide bonds. The lowest BCUT2D eigenvalue weighted by molar-refractivity contribution is 0.428.